The molecule has 1 atom stereocenters. The molecule has 3 N–H and O–H groups in total. The van der Waals surface area contributed by atoms with Crippen molar-refractivity contribution in [1.82, 2.24) is 4.98 Å². The van der Waals surface area contributed by atoms with Gasteiger partial charge in [0.05, 0.1) is 0 Å². The molecule has 1 unspecified atom stereocenters. The molecule has 0 radical (unpaired) electrons. The summed E-state index contributed by atoms with van der Waals surface area (Å²) in [7, 11) is 1.65. The van der Waals surface area contributed by atoms with Crippen molar-refractivity contribution in [2.24, 2.45) is 0 Å². The Bertz CT molecular complexity index is 727. The summed E-state index contributed by atoms with van der Waals surface area (Å²) in [5, 5.41) is 0. The summed E-state index contributed by atoms with van der Waals surface area (Å²) >= 11 is 0. The van der Waals surface area contributed by atoms with E-state index >= 15 is 0 Å². The van der Waals surface area contributed by atoms with Gasteiger partial charge in [0.1, 0.15) is 11.8 Å². The third kappa shape index (κ3) is 2.92. The second-order valence-electron chi connectivity index (χ2n) is 5.78. The molecule has 22 heavy (non-hydrogen) atoms. The molecular formula is C18H24N2O2. The van der Waals surface area contributed by atoms with E-state index in [0.717, 1.165) is 39.9 Å². The normalized spacial score (nSPS) is 12.4. The minimum absolute atomic E-state index is 0.244. The fraction of sp³-hybridized carbons (Fsp3) is 0.389. The van der Waals surface area contributed by atoms with E-state index in [0.29, 0.717) is 0 Å². The summed E-state index contributed by atoms with van der Waals surface area (Å²) in [5.74, 6) is 0. The van der Waals surface area contributed by atoms with E-state index in [1.165, 1.54) is 0 Å². The van der Waals surface area contributed by atoms with Gasteiger partial charge in [-0.15, -0.1) is 0 Å². The summed E-state index contributed by atoms with van der Waals surface area (Å²) in [6.07, 6.45) is 0.446. The zero-order chi connectivity index (χ0) is 16.4. The van der Waals surface area contributed by atoms with Crippen LogP contribution in [-0.4, -0.2) is 12.1 Å². The van der Waals surface area contributed by atoms with E-state index < -0.39 is 0 Å². The highest BCUT2D eigenvalue weighted by atomic mass is 16.5. The van der Waals surface area contributed by atoms with Crippen molar-refractivity contribution < 1.29 is 4.74 Å². The summed E-state index contributed by atoms with van der Waals surface area (Å²) < 4.78 is 5.73. The van der Waals surface area contributed by atoms with Crippen molar-refractivity contribution in [3.63, 3.8) is 0 Å². The number of benzene rings is 1. The summed E-state index contributed by atoms with van der Waals surface area (Å²) in [6.45, 7) is 8.06. The van der Waals surface area contributed by atoms with Crippen molar-refractivity contribution in [3.8, 4) is 0 Å². The van der Waals surface area contributed by atoms with Crippen LogP contribution in [0.3, 0.4) is 0 Å². The van der Waals surface area contributed by atoms with E-state index in [-0.39, 0.29) is 17.4 Å². The van der Waals surface area contributed by atoms with Crippen LogP contribution in [0.25, 0.3) is 0 Å². The van der Waals surface area contributed by atoms with Gasteiger partial charge in [-0.25, -0.2) is 0 Å². The molecule has 0 amide bonds. The van der Waals surface area contributed by atoms with Crippen LogP contribution in [0.15, 0.2) is 23.0 Å². The van der Waals surface area contributed by atoms with Gasteiger partial charge in [0, 0.05) is 18.4 Å². The molecule has 0 saturated carbocycles. The minimum Gasteiger partial charge on any atom is -0.394 e. The summed E-state index contributed by atoms with van der Waals surface area (Å²) in [5.41, 5.74) is 12.1. The van der Waals surface area contributed by atoms with Crippen molar-refractivity contribution >= 4 is 5.69 Å². The van der Waals surface area contributed by atoms with Gasteiger partial charge in [-0.05, 0) is 38.3 Å². The number of pyridine rings is 1. The van der Waals surface area contributed by atoms with Crippen LogP contribution in [0.2, 0.25) is 0 Å². The Hall–Kier alpha value is -2.07. The molecule has 0 bridgehead atoms. The standard InChI is InChI=1S/C18H24N2O2/c1-6-14-12(4)20-18(21)16(19)15(14)17(22-5)13-8-10(2)7-11(3)9-13/h7-9,17H,6,19H2,1-5H3,(H,20,21). The molecule has 0 aliphatic carbocycles. The highest BCUT2D eigenvalue weighted by Crippen LogP contribution is 2.33. The van der Waals surface area contributed by atoms with Crippen LogP contribution < -0.4 is 11.3 Å². The first kappa shape index (κ1) is 16.3. The van der Waals surface area contributed by atoms with Crippen LogP contribution >= 0.6 is 0 Å². The molecule has 4 nitrogen and oxygen atoms in total. The fourth-order valence-electron chi connectivity index (χ4n) is 3.14. The lowest BCUT2D eigenvalue weighted by Crippen LogP contribution is -2.22. The Balaban J connectivity index is 2.73. The second kappa shape index (κ2) is 6.36. The van der Waals surface area contributed by atoms with Crippen LogP contribution in [-0.2, 0) is 11.2 Å². The van der Waals surface area contributed by atoms with Gasteiger partial charge in [-0.3, -0.25) is 4.79 Å². The van der Waals surface area contributed by atoms with Crippen LogP contribution in [0.5, 0.6) is 0 Å². The lowest BCUT2D eigenvalue weighted by molar-refractivity contribution is 0.136. The fourth-order valence-corrected chi connectivity index (χ4v) is 3.14. The highest BCUT2D eigenvalue weighted by Gasteiger charge is 2.23. The number of rotatable bonds is 4. The minimum atomic E-state index is -0.338. The molecule has 0 fully saturated rings. The number of nitrogen functional groups attached to an aromatic ring is 1. The molecular weight excluding hydrogens is 276 g/mol. The van der Waals surface area contributed by atoms with Crippen molar-refractivity contribution in [2.75, 3.05) is 12.8 Å². The molecule has 0 saturated heterocycles. The molecule has 2 rings (SSSR count). The predicted octanol–water partition coefficient (Wildman–Crippen LogP) is 3.18. The molecule has 1 heterocycles. The maximum Gasteiger partial charge on any atom is 0.271 e. The SMILES string of the molecule is CCc1c(C)[nH]c(=O)c(N)c1C(OC)c1cc(C)cc(C)c1. The number of H-pyrrole nitrogens is 1. The zero-order valence-corrected chi connectivity index (χ0v) is 13.9. The molecule has 4 heteroatoms. The zero-order valence-electron chi connectivity index (χ0n) is 13.9. The molecule has 2 aromatic rings. The van der Waals surface area contributed by atoms with E-state index in [4.69, 9.17) is 10.5 Å². The monoisotopic (exact) mass is 300 g/mol. The van der Waals surface area contributed by atoms with E-state index in [2.05, 4.69) is 44.0 Å². The van der Waals surface area contributed by atoms with Gasteiger partial charge in [-0.2, -0.15) is 0 Å². The Morgan fingerprint density at radius 1 is 1.18 bits per heavy atom. The molecule has 1 aromatic heterocycles. The number of anilines is 1. The molecule has 0 aliphatic heterocycles. The highest BCUT2D eigenvalue weighted by molar-refractivity contribution is 5.55. The van der Waals surface area contributed by atoms with E-state index in [1.54, 1.807) is 7.11 Å². The van der Waals surface area contributed by atoms with Gasteiger partial charge in [-0.1, -0.05) is 36.2 Å². The molecule has 118 valence electrons. The Morgan fingerprint density at radius 3 is 2.27 bits per heavy atom. The number of aromatic nitrogens is 1. The Morgan fingerprint density at radius 2 is 1.77 bits per heavy atom. The van der Waals surface area contributed by atoms with Gasteiger partial charge in [0.2, 0.25) is 0 Å². The number of aromatic amines is 1. The number of nitrogens with two attached hydrogens (primary N) is 1. The largest absolute Gasteiger partial charge is 0.394 e. The quantitative estimate of drug-likeness (QED) is 0.911. The number of aryl methyl sites for hydroxylation is 3. The van der Waals surface area contributed by atoms with Crippen LogP contribution in [0.4, 0.5) is 5.69 Å². The summed E-state index contributed by atoms with van der Waals surface area (Å²) in [4.78, 5) is 14.9. The number of hydrogen-bond acceptors (Lipinski definition) is 3. The number of methoxy groups -OCH3 is 1. The lowest BCUT2D eigenvalue weighted by atomic mass is 9.92. The number of nitrogens with one attached hydrogen (secondary N) is 1. The van der Waals surface area contributed by atoms with Gasteiger partial charge < -0.3 is 15.5 Å². The number of ether oxygens (including phenoxy) is 1. The van der Waals surface area contributed by atoms with E-state index in [9.17, 15) is 4.79 Å². The average Bonchev–Trinajstić information content (AvgIpc) is 2.44. The van der Waals surface area contributed by atoms with Gasteiger partial charge in [0.25, 0.3) is 5.56 Å². The van der Waals surface area contributed by atoms with Gasteiger partial charge >= 0.3 is 0 Å². The average molecular weight is 300 g/mol. The third-order valence-corrected chi connectivity index (χ3v) is 4.01. The van der Waals surface area contributed by atoms with Crippen LogP contribution in [0, 0.1) is 20.8 Å². The smallest absolute Gasteiger partial charge is 0.271 e. The molecule has 1 aromatic carbocycles. The summed E-state index contributed by atoms with van der Waals surface area (Å²) in [6, 6.07) is 6.27. The molecule has 0 spiro atoms. The first-order valence-corrected chi connectivity index (χ1v) is 7.51. The van der Waals surface area contributed by atoms with Crippen LogP contribution in [0.1, 0.15) is 46.5 Å². The topological polar surface area (TPSA) is 68.1 Å². The first-order valence-electron chi connectivity index (χ1n) is 7.51. The van der Waals surface area contributed by atoms with Crippen molar-refractivity contribution in [3.05, 3.63) is 62.1 Å². The maximum absolute atomic E-state index is 12.1. The predicted molar refractivity (Wildman–Crippen MR) is 90.4 cm³/mol. The van der Waals surface area contributed by atoms with Crippen molar-refractivity contribution in [1.29, 1.82) is 0 Å². The molecule has 0 aliphatic rings. The maximum atomic E-state index is 12.1. The second-order valence-corrected chi connectivity index (χ2v) is 5.78. The van der Waals surface area contributed by atoms with E-state index in [1.807, 2.05) is 6.92 Å². The van der Waals surface area contributed by atoms with Gasteiger partial charge in [0.15, 0.2) is 0 Å². The lowest BCUT2D eigenvalue weighted by Gasteiger charge is -2.23. The third-order valence-electron chi connectivity index (χ3n) is 4.01. The Kier molecular flexibility index (Phi) is 4.71. The first-order chi connectivity index (χ1) is 10.4. The number of hydrogen-bond donors (Lipinski definition) is 2. The van der Waals surface area contributed by atoms with Crippen molar-refractivity contribution in [2.45, 2.75) is 40.2 Å². The Labute approximate surface area is 131 Å².